The number of rotatable bonds is 6. The number of aromatic nitrogens is 2. The van der Waals surface area contributed by atoms with Crippen LogP contribution in [0, 0.1) is 5.82 Å². The Labute approximate surface area is 198 Å². The second-order valence-corrected chi connectivity index (χ2v) is 8.97. The van der Waals surface area contributed by atoms with Crippen LogP contribution in [-0.2, 0) is 34.8 Å². The second-order valence-electron chi connectivity index (χ2n) is 8.97. The number of piperidine rings is 1. The Bertz CT molecular complexity index is 1120. The molecular formula is C26H29FN4O3. The minimum atomic E-state index is -0.580. The summed E-state index contributed by atoms with van der Waals surface area (Å²) < 4.78 is 27.0. The Balaban J connectivity index is 1.23. The van der Waals surface area contributed by atoms with Crippen molar-refractivity contribution in [3.8, 4) is 5.75 Å². The van der Waals surface area contributed by atoms with Gasteiger partial charge in [-0.2, -0.15) is 0 Å². The summed E-state index contributed by atoms with van der Waals surface area (Å²) in [6, 6.07) is 14.3. The van der Waals surface area contributed by atoms with Crippen LogP contribution in [0.25, 0.3) is 0 Å². The average molecular weight is 465 g/mol. The number of nitrogens with one attached hydrogen (secondary N) is 1. The molecule has 1 atom stereocenters. The van der Waals surface area contributed by atoms with Gasteiger partial charge in [0.25, 0.3) is 5.91 Å². The highest BCUT2D eigenvalue weighted by Gasteiger charge is 2.47. The number of hydrogen-bond donors (Lipinski definition) is 1. The predicted octanol–water partition coefficient (Wildman–Crippen LogP) is 3.24. The Kier molecular flexibility index (Phi) is 6.34. The van der Waals surface area contributed by atoms with Gasteiger partial charge < -0.3 is 19.4 Å². The number of hydrogen-bond acceptors (Lipinski definition) is 5. The van der Waals surface area contributed by atoms with Crippen molar-refractivity contribution in [1.82, 2.24) is 19.8 Å². The van der Waals surface area contributed by atoms with E-state index in [-0.39, 0.29) is 11.7 Å². The summed E-state index contributed by atoms with van der Waals surface area (Å²) in [5.41, 5.74) is 1.50. The molecule has 3 aromatic rings. The maximum absolute atomic E-state index is 13.2. The number of likely N-dealkylation sites (tertiary alicyclic amines) is 1. The number of halogens is 1. The van der Waals surface area contributed by atoms with E-state index in [1.165, 1.54) is 12.1 Å². The van der Waals surface area contributed by atoms with E-state index in [2.05, 4.69) is 19.8 Å². The summed E-state index contributed by atoms with van der Waals surface area (Å²) in [6.45, 7) is 3.26. The van der Waals surface area contributed by atoms with E-state index in [1.807, 2.05) is 42.6 Å². The highest BCUT2D eigenvalue weighted by Crippen LogP contribution is 2.40. The van der Waals surface area contributed by atoms with E-state index in [1.54, 1.807) is 13.3 Å². The van der Waals surface area contributed by atoms with E-state index >= 15 is 0 Å². The summed E-state index contributed by atoms with van der Waals surface area (Å²) in [5.74, 6) is 1.34. The molecule has 1 saturated heterocycles. The molecule has 3 heterocycles. The summed E-state index contributed by atoms with van der Waals surface area (Å²) in [4.78, 5) is 20.0. The third-order valence-corrected chi connectivity index (χ3v) is 6.75. The molecule has 1 N–H and O–H groups in total. The van der Waals surface area contributed by atoms with Gasteiger partial charge in [-0.25, -0.2) is 9.37 Å². The lowest BCUT2D eigenvalue weighted by Crippen LogP contribution is -2.53. The smallest absolute Gasteiger partial charge is 0.251 e. The van der Waals surface area contributed by atoms with Gasteiger partial charge >= 0.3 is 0 Å². The third-order valence-electron chi connectivity index (χ3n) is 6.75. The number of nitrogens with zero attached hydrogens (tertiary/aromatic N) is 3. The van der Waals surface area contributed by atoms with Crippen LogP contribution in [0.4, 0.5) is 4.39 Å². The Morgan fingerprint density at radius 1 is 1.15 bits per heavy atom. The molecule has 2 aliphatic heterocycles. The minimum absolute atomic E-state index is 0.122. The number of benzene rings is 2. The molecule has 178 valence electrons. The normalized spacial score (nSPS) is 19.5. The van der Waals surface area contributed by atoms with Gasteiger partial charge in [0.2, 0.25) is 0 Å². The van der Waals surface area contributed by atoms with Gasteiger partial charge in [0.1, 0.15) is 23.0 Å². The van der Waals surface area contributed by atoms with Gasteiger partial charge in [0.15, 0.2) is 6.10 Å². The molecule has 8 heteroatoms. The third kappa shape index (κ3) is 4.69. The molecule has 1 amide bonds. The number of carbonyl (C=O) groups is 1. The zero-order valence-electron chi connectivity index (χ0n) is 19.2. The first kappa shape index (κ1) is 22.6. The monoisotopic (exact) mass is 464 g/mol. The fourth-order valence-electron chi connectivity index (χ4n) is 4.84. The van der Waals surface area contributed by atoms with E-state index in [4.69, 9.17) is 9.47 Å². The van der Waals surface area contributed by atoms with Crippen molar-refractivity contribution in [1.29, 1.82) is 0 Å². The quantitative estimate of drug-likeness (QED) is 0.607. The molecule has 7 nitrogen and oxygen atoms in total. The van der Waals surface area contributed by atoms with Gasteiger partial charge in [-0.15, -0.1) is 0 Å². The maximum Gasteiger partial charge on any atom is 0.251 e. The topological polar surface area (TPSA) is 68.6 Å². The molecular weight excluding hydrogens is 435 g/mol. The molecule has 1 fully saturated rings. The average Bonchev–Trinajstić information content (AvgIpc) is 3.35. The number of fused-ring (bicyclic) bond motifs is 2. The molecule has 0 saturated carbocycles. The van der Waals surface area contributed by atoms with Crippen LogP contribution in [0.1, 0.15) is 29.8 Å². The first-order valence-corrected chi connectivity index (χ1v) is 11.6. The molecule has 34 heavy (non-hydrogen) atoms. The Morgan fingerprint density at radius 3 is 2.56 bits per heavy atom. The van der Waals surface area contributed by atoms with Crippen LogP contribution in [0.5, 0.6) is 5.75 Å². The molecule has 1 spiro atoms. The summed E-state index contributed by atoms with van der Waals surface area (Å²) >= 11 is 0. The molecule has 0 bridgehead atoms. The van der Waals surface area contributed by atoms with Crippen LogP contribution in [0.2, 0.25) is 0 Å². The largest absolute Gasteiger partial charge is 0.497 e. The fraction of sp³-hybridized carbons (Fsp3) is 0.385. The van der Waals surface area contributed by atoms with Crippen molar-refractivity contribution in [2.45, 2.75) is 44.2 Å². The first-order chi connectivity index (χ1) is 16.5. The van der Waals surface area contributed by atoms with Crippen molar-refractivity contribution in [2.24, 2.45) is 0 Å². The highest BCUT2D eigenvalue weighted by atomic mass is 19.1. The van der Waals surface area contributed by atoms with Gasteiger partial charge in [0, 0.05) is 38.6 Å². The summed E-state index contributed by atoms with van der Waals surface area (Å²) in [7, 11) is 1.63. The van der Waals surface area contributed by atoms with Crippen molar-refractivity contribution < 1.29 is 18.7 Å². The van der Waals surface area contributed by atoms with Gasteiger partial charge in [-0.05, 0) is 48.2 Å². The van der Waals surface area contributed by atoms with Crippen LogP contribution < -0.4 is 10.1 Å². The lowest BCUT2D eigenvalue weighted by molar-refractivity contribution is -0.174. The van der Waals surface area contributed by atoms with Crippen LogP contribution in [0.15, 0.2) is 60.9 Å². The van der Waals surface area contributed by atoms with Gasteiger partial charge in [-0.3, -0.25) is 9.69 Å². The van der Waals surface area contributed by atoms with E-state index in [0.29, 0.717) is 13.1 Å². The molecule has 1 aromatic heterocycles. The minimum Gasteiger partial charge on any atom is -0.497 e. The number of carbonyl (C=O) groups excluding carboxylic acids is 1. The molecule has 2 aromatic carbocycles. The van der Waals surface area contributed by atoms with Crippen molar-refractivity contribution in [3.05, 3.63) is 83.7 Å². The maximum atomic E-state index is 13.2. The van der Waals surface area contributed by atoms with Gasteiger partial charge in [-0.1, -0.05) is 24.3 Å². The lowest BCUT2D eigenvalue weighted by atomic mass is 9.88. The molecule has 2 aliphatic rings. The van der Waals surface area contributed by atoms with Crippen LogP contribution in [0.3, 0.4) is 0 Å². The highest BCUT2D eigenvalue weighted by molar-refractivity contribution is 5.81. The SMILES string of the molecule is COc1ccc(CNC(=O)[C@@H]2Cn3ccnc3C3(CCN(Cc4ccc(F)cc4)CC3)O2)cc1. The number of amides is 1. The van der Waals surface area contributed by atoms with Crippen LogP contribution in [-0.4, -0.2) is 46.7 Å². The number of imidazole rings is 1. The summed E-state index contributed by atoms with van der Waals surface area (Å²) in [6.07, 6.45) is 4.61. The van der Waals surface area contributed by atoms with Gasteiger partial charge in [0.05, 0.1) is 13.7 Å². The predicted molar refractivity (Wildman–Crippen MR) is 125 cm³/mol. The van der Waals surface area contributed by atoms with Crippen molar-refractivity contribution in [2.75, 3.05) is 20.2 Å². The van der Waals surface area contributed by atoms with E-state index in [0.717, 1.165) is 55.2 Å². The van der Waals surface area contributed by atoms with Crippen molar-refractivity contribution >= 4 is 5.91 Å². The fourth-order valence-corrected chi connectivity index (χ4v) is 4.84. The molecule has 0 aliphatic carbocycles. The Hall–Kier alpha value is -3.23. The number of ether oxygens (including phenoxy) is 2. The summed E-state index contributed by atoms with van der Waals surface area (Å²) in [5, 5.41) is 3.02. The molecule has 0 unspecified atom stereocenters. The molecule has 5 rings (SSSR count). The number of methoxy groups -OCH3 is 1. The van der Waals surface area contributed by atoms with Crippen LogP contribution >= 0.6 is 0 Å². The first-order valence-electron chi connectivity index (χ1n) is 11.6. The molecule has 0 radical (unpaired) electrons. The zero-order valence-corrected chi connectivity index (χ0v) is 19.2. The standard InChI is InChI=1S/C26H29FN4O3/c1-33-22-8-4-19(5-9-22)16-29-24(32)23-18-31-15-12-28-25(31)26(34-23)10-13-30(14-11-26)17-20-2-6-21(27)7-3-20/h2-9,12,15,23H,10-11,13-14,16-18H2,1H3,(H,29,32)/t23-/m0/s1. The Morgan fingerprint density at radius 2 is 1.85 bits per heavy atom. The van der Waals surface area contributed by atoms with Crippen molar-refractivity contribution in [3.63, 3.8) is 0 Å². The zero-order chi connectivity index (χ0) is 23.5. The lowest BCUT2D eigenvalue weighted by Gasteiger charge is -2.45. The second kappa shape index (κ2) is 9.56. The van der Waals surface area contributed by atoms with E-state index in [9.17, 15) is 9.18 Å². The van der Waals surface area contributed by atoms with E-state index < -0.39 is 11.7 Å².